The lowest BCUT2D eigenvalue weighted by atomic mass is 10.1. The smallest absolute Gasteiger partial charge is 0.191 e. The summed E-state index contributed by atoms with van der Waals surface area (Å²) >= 11 is 0. The second kappa shape index (κ2) is 10.2. The SMILES string of the molecule is CN=C(NCCc1cccc(OC)c1)NCc1ccc(OC)cc1OC. The fraction of sp³-hybridized carbons (Fsp3) is 0.350. The Morgan fingerprint density at radius 1 is 0.923 bits per heavy atom. The van der Waals surface area contributed by atoms with Crippen LogP contribution in [0, 0.1) is 0 Å². The van der Waals surface area contributed by atoms with Gasteiger partial charge in [0.15, 0.2) is 5.96 Å². The lowest BCUT2D eigenvalue weighted by Crippen LogP contribution is -2.37. The van der Waals surface area contributed by atoms with Crippen molar-refractivity contribution in [3.63, 3.8) is 0 Å². The number of aliphatic imine (C=N–C) groups is 1. The first-order chi connectivity index (χ1) is 12.7. The predicted molar refractivity (Wildman–Crippen MR) is 104 cm³/mol. The number of rotatable bonds is 8. The van der Waals surface area contributed by atoms with Crippen LogP contribution < -0.4 is 24.8 Å². The van der Waals surface area contributed by atoms with Gasteiger partial charge in [-0.3, -0.25) is 4.99 Å². The molecule has 6 heteroatoms. The van der Waals surface area contributed by atoms with E-state index in [1.54, 1.807) is 28.4 Å². The lowest BCUT2D eigenvalue weighted by Gasteiger charge is -2.14. The summed E-state index contributed by atoms with van der Waals surface area (Å²) < 4.78 is 15.9. The molecule has 0 aliphatic rings. The van der Waals surface area contributed by atoms with Crippen LogP contribution in [0.5, 0.6) is 17.2 Å². The van der Waals surface area contributed by atoms with Crippen LogP contribution in [0.15, 0.2) is 47.5 Å². The highest BCUT2D eigenvalue weighted by atomic mass is 16.5. The fourth-order valence-electron chi connectivity index (χ4n) is 2.55. The summed E-state index contributed by atoms with van der Waals surface area (Å²) in [5, 5.41) is 6.62. The Kier molecular flexibility index (Phi) is 7.61. The maximum atomic E-state index is 5.42. The summed E-state index contributed by atoms with van der Waals surface area (Å²) in [6.45, 7) is 1.37. The van der Waals surface area contributed by atoms with Gasteiger partial charge in [-0.05, 0) is 36.2 Å². The van der Waals surface area contributed by atoms with Gasteiger partial charge in [0.2, 0.25) is 0 Å². The molecule has 0 bridgehead atoms. The van der Waals surface area contributed by atoms with E-state index in [1.807, 2.05) is 36.4 Å². The standard InChI is InChI=1S/C20H27N3O3/c1-21-20(22-11-10-15-6-5-7-17(12-15)24-2)23-14-16-8-9-18(25-3)13-19(16)26-4/h5-9,12-13H,10-11,14H2,1-4H3,(H2,21,22,23). The maximum absolute atomic E-state index is 5.42. The van der Waals surface area contributed by atoms with Gasteiger partial charge in [-0.2, -0.15) is 0 Å². The third kappa shape index (κ3) is 5.58. The molecule has 0 aliphatic heterocycles. The molecule has 0 saturated carbocycles. The molecule has 0 amide bonds. The largest absolute Gasteiger partial charge is 0.497 e. The minimum atomic E-state index is 0.603. The van der Waals surface area contributed by atoms with E-state index in [0.29, 0.717) is 6.54 Å². The molecule has 26 heavy (non-hydrogen) atoms. The van der Waals surface area contributed by atoms with E-state index in [2.05, 4.69) is 21.7 Å². The van der Waals surface area contributed by atoms with Gasteiger partial charge >= 0.3 is 0 Å². The summed E-state index contributed by atoms with van der Waals surface area (Å²) in [6.07, 6.45) is 0.879. The quantitative estimate of drug-likeness (QED) is 0.562. The Hall–Kier alpha value is -2.89. The van der Waals surface area contributed by atoms with Crippen molar-refractivity contribution in [2.75, 3.05) is 34.9 Å². The number of hydrogen-bond donors (Lipinski definition) is 2. The minimum Gasteiger partial charge on any atom is -0.497 e. The second-order valence-corrected chi connectivity index (χ2v) is 5.63. The molecular formula is C20H27N3O3. The van der Waals surface area contributed by atoms with Crippen LogP contribution in [0.1, 0.15) is 11.1 Å². The lowest BCUT2D eigenvalue weighted by molar-refractivity contribution is 0.390. The van der Waals surface area contributed by atoms with E-state index in [0.717, 1.165) is 41.7 Å². The van der Waals surface area contributed by atoms with Gasteiger partial charge < -0.3 is 24.8 Å². The molecule has 0 aromatic heterocycles. The molecule has 0 aliphatic carbocycles. The van der Waals surface area contributed by atoms with Crippen molar-refractivity contribution in [2.24, 2.45) is 4.99 Å². The zero-order valence-electron chi connectivity index (χ0n) is 15.8. The van der Waals surface area contributed by atoms with E-state index in [4.69, 9.17) is 14.2 Å². The molecule has 0 saturated heterocycles. The minimum absolute atomic E-state index is 0.603. The van der Waals surface area contributed by atoms with Crippen molar-refractivity contribution in [3.05, 3.63) is 53.6 Å². The summed E-state index contributed by atoms with van der Waals surface area (Å²) in [5.74, 6) is 3.16. The molecule has 0 unspecified atom stereocenters. The monoisotopic (exact) mass is 357 g/mol. The summed E-state index contributed by atoms with van der Waals surface area (Å²) in [4.78, 5) is 4.26. The van der Waals surface area contributed by atoms with Gasteiger partial charge in [0, 0.05) is 31.8 Å². The number of methoxy groups -OCH3 is 3. The van der Waals surface area contributed by atoms with Crippen LogP contribution in [0.25, 0.3) is 0 Å². The highest BCUT2D eigenvalue weighted by Gasteiger charge is 2.06. The summed E-state index contributed by atoms with van der Waals surface area (Å²) in [7, 11) is 6.73. The van der Waals surface area contributed by atoms with Crippen LogP contribution in [0.3, 0.4) is 0 Å². The maximum Gasteiger partial charge on any atom is 0.191 e. The van der Waals surface area contributed by atoms with Gasteiger partial charge in [0.25, 0.3) is 0 Å². The number of ether oxygens (including phenoxy) is 3. The third-order valence-corrected chi connectivity index (χ3v) is 4.00. The Morgan fingerprint density at radius 2 is 1.69 bits per heavy atom. The van der Waals surface area contributed by atoms with Crippen molar-refractivity contribution in [2.45, 2.75) is 13.0 Å². The van der Waals surface area contributed by atoms with Crippen molar-refractivity contribution < 1.29 is 14.2 Å². The normalized spacial score (nSPS) is 11.0. The Labute approximate surface area is 155 Å². The van der Waals surface area contributed by atoms with Crippen molar-refractivity contribution in [3.8, 4) is 17.2 Å². The van der Waals surface area contributed by atoms with Crippen LogP contribution in [0.4, 0.5) is 0 Å². The second-order valence-electron chi connectivity index (χ2n) is 5.63. The molecule has 0 radical (unpaired) electrons. The van der Waals surface area contributed by atoms with Crippen LogP contribution >= 0.6 is 0 Å². The Balaban J connectivity index is 1.86. The first-order valence-corrected chi connectivity index (χ1v) is 8.48. The molecule has 140 valence electrons. The average Bonchev–Trinajstić information content (AvgIpc) is 2.70. The molecule has 2 rings (SSSR count). The molecule has 0 spiro atoms. The number of nitrogens with one attached hydrogen (secondary N) is 2. The first kappa shape index (κ1) is 19.4. The van der Waals surface area contributed by atoms with Gasteiger partial charge in [-0.1, -0.05) is 12.1 Å². The zero-order chi connectivity index (χ0) is 18.8. The highest BCUT2D eigenvalue weighted by Crippen LogP contribution is 2.24. The van der Waals surface area contributed by atoms with E-state index in [9.17, 15) is 0 Å². The number of nitrogens with zero attached hydrogens (tertiary/aromatic N) is 1. The van der Waals surface area contributed by atoms with Crippen molar-refractivity contribution >= 4 is 5.96 Å². The Morgan fingerprint density at radius 3 is 2.38 bits per heavy atom. The number of hydrogen-bond acceptors (Lipinski definition) is 4. The van der Waals surface area contributed by atoms with Crippen LogP contribution in [0.2, 0.25) is 0 Å². The Bertz CT molecular complexity index is 732. The molecule has 6 nitrogen and oxygen atoms in total. The highest BCUT2D eigenvalue weighted by molar-refractivity contribution is 5.79. The van der Waals surface area contributed by atoms with Gasteiger partial charge in [-0.15, -0.1) is 0 Å². The fourth-order valence-corrected chi connectivity index (χ4v) is 2.55. The molecule has 0 atom stereocenters. The van der Waals surface area contributed by atoms with Crippen molar-refractivity contribution in [1.82, 2.24) is 10.6 Å². The van der Waals surface area contributed by atoms with E-state index >= 15 is 0 Å². The zero-order valence-corrected chi connectivity index (χ0v) is 15.8. The third-order valence-electron chi connectivity index (χ3n) is 4.00. The topological polar surface area (TPSA) is 64.1 Å². The van der Waals surface area contributed by atoms with Crippen molar-refractivity contribution in [1.29, 1.82) is 0 Å². The average molecular weight is 357 g/mol. The van der Waals surface area contributed by atoms with Crippen LogP contribution in [-0.2, 0) is 13.0 Å². The summed E-state index contributed by atoms with van der Waals surface area (Å²) in [6, 6.07) is 13.8. The number of benzene rings is 2. The summed E-state index contributed by atoms with van der Waals surface area (Å²) in [5.41, 5.74) is 2.24. The van der Waals surface area contributed by atoms with Gasteiger partial charge in [-0.25, -0.2) is 0 Å². The van der Waals surface area contributed by atoms with Gasteiger partial charge in [0.1, 0.15) is 17.2 Å². The van der Waals surface area contributed by atoms with E-state index in [-0.39, 0.29) is 0 Å². The first-order valence-electron chi connectivity index (χ1n) is 8.48. The van der Waals surface area contributed by atoms with E-state index < -0.39 is 0 Å². The molecule has 0 heterocycles. The van der Waals surface area contributed by atoms with Gasteiger partial charge in [0.05, 0.1) is 21.3 Å². The molecule has 0 fully saturated rings. The number of guanidine groups is 1. The predicted octanol–water partition coefficient (Wildman–Crippen LogP) is 2.62. The van der Waals surface area contributed by atoms with Crippen LogP contribution in [-0.4, -0.2) is 40.9 Å². The van der Waals surface area contributed by atoms with E-state index in [1.165, 1.54) is 5.56 Å². The molecular weight excluding hydrogens is 330 g/mol. The molecule has 2 N–H and O–H groups in total. The molecule has 2 aromatic rings. The molecule has 2 aromatic carbocycles.